The van der Waals surface area contributed by atoms with Crippen LogP contribution in [0.1, 0.15) is 5.56 Å². The van der Waals surface area contributed by atoms with Crippen LogP contribution in [0, 0.1) is 0 Å². The molecule has 0 fully saturated rings. The minimum atomic E-state index is -2.38. The quantitative estimate of drug-likeness (QED) is 0.653. The van der Waals surface area contributed by atoms with Crippen LogP contribution in [0.4, 0.5) is 0 Å². The lowest BCUT2D eigenvalue weighted by atomic mass is 10.2. The third-order valence-corrected chi connectivity index (χ3v) is 2.08. The van der Waals surface area contributed by atoms with Crippen molar-refractivity contribution in [2.45, 2.75) is 5.75 Å². The lowest BCUT2D eigenvalue weighted by Gasteiger charge is -2.00. The molecule has 0 amide bonds. The van der Waals surface area contributed by atoms with Gasteiger partial charge in [0.15, 0.2) is 0 Å². The lowest BCUT2D eigenvalue weighted by Crippen LogP contribution is -2.13. The van der Waals surface area contributed by atoms with Gasteiger partial charge in [0.1, 0.15) is 0 Å². The topological polar surface area (TPSA) is 43.1 Å². The summed E-state index contributed by atoms with van der Waals surface area (Å²) in [6.07, 6.45) is 0. The number of nitrogens with two attached hydrogens (primary N) is 1. The Morgan fingerprint density at radius 1 is 1.36 bits per heavy atom. The van der Waals surface area contributed by atoms with E-state index in [1.165, 1.54) is 0 Å². The molecule has 0 heterocycles. The Bertz CT molecular complexity index is 315. The van der Waals surface area contributed by atoms with Crippen molar-refractivity contribution in [1.82, 2.24) is 0 Å². The highest BCUT2D eigenvalue weighted by Crippen LogP contribution is 2.01. The molecule has 0 aromatic heterocycles. The Kier molecular flexibility index (Phi) is 2.31. The van der Waals surface area contributed by atoms with Crippen molar-refractivity contribution >= 4 is 15.6 Å². The van der Waals surface area contributed by atoms with E-state index in [0.717, 1.165) is 5.56 Å². The molecule has 3 heteroatoms. The zero-order valence-corrected chi connectivity index (χ0v) is 7.01. The van der Waals surface area contributed by atoms with Gasteiger partial charge in [-0.2, -0.15) is 0 Å². The van der Waals surface area contributed by atoms with E-state index < -0.39 is 9.71 Å². The molecule has 1 aromatic carbocycles. The zero-order chi connectivity index (χ0) is 8.32. The Balaban J connectivity index is 2.82. The van der Waals surface area contributed by atoms with Gasteiger partial charge in [-0.1, -0.05) is 30.3 Å². The molecule has 11 heavy (non-hydrogen) atoms. The first-order valence-electron chi connectivity index (χ1n) is 3.24. The third kappa shape index (κ3) is 3.20. The molecule has 0 radical (unpaired) electrons. The molecule has 0 saturated carbocycles. The van der Waals surface area contributed by atoms with Gasteiger partial charge in [0.2, 0.25) is 0 Å². The molecular weight excluding hydrogens is 158 g/mol. The Hall–Kier alpha value is -0.800. The maximum atomic E-state index is 11.0. The lowest BCUT2D eigenvalue weighted by molar-refractivity contribution is 0.682. The van der Waals surface area contributed by atoms with E-state index >= 15 is 0 Å². The fraction of sp³-hybridized carbons (Fsp3) is 0.125. The smallest absolute Gasteiger partial charge is 0.0537 e. The second-order valence-corrected chi connectivity index (χ2v) is 4.53. The van der Waals surface area contributed by atoms with E-state index in [4.69, 9.17) is 5.14 Å². The van der Waals surface area contributed by atoms with Crippen LogP contribution in [0.5, 0.6) is 0 Å². The molecule has 0 aliphatic carbocycles. The molecule has 1 aromatic rings. The summed E-state index contributed by atoms with van der Waals surface area (Å²) in [4.78, 5) is 0. The first kappa shape index (κ1) is 8.30. The zero-order valence-electron chi connectivity index (χ0n) is 6.19. The normalized spacial score (nSPS) is 15.7. The predicted octanol–water partition coefficient (Wildman–Crippen LogP) is 0.777. The monoisotopic (exact) mass is 169 g/mol. The van der Waals surface area contributed by atoms with Gasteiger partial charge in [-0.25, -0.2) is 0 Å². The van der Waals surface area contributed by atoms with Crippen LogP contribution >= 0.6 is 0 Å². The van der Waals surface area contributed by atoms with Crippen LogP contribution in [0.25, 0.3) is 0 Å². The summed E-state index contributed by atoms with van der Waals surface area (Å²) in [5.74, 6) is 3.73. The van der Waals surface area contributed by atoms with Gasteiger partial charge in [0.25, 0.3) is 0 Å². The Morgan fingerprint density at radius 2 is 1.91 bits per heavy atom. The third-order valence-electron chi connectivity index (χ3n) is 1.25. The van der Waals surface area contributed by atoms with Crippen molar-refractivity contribution in [3.05, 3.63) is 35.9 Å². The summed E-state index contributed by atoms with van der Waals surface area (Å²) >= 11 is 0. The van der Waals surface area contributed by atoms with E-state index in [1.54, 1.807) is 0 Å². The fourth-order valence-electron chi connectivity index (χ4n) is 0.856. The molecule has 0 spiro atoms. The largest absolute Gasteiger partial charge is 0.259 e. The van der Waals surface area contributed by atoms with E-state index in [0.29, 0.717) is 5.75 Å². The summed E-state index contributed by atoms with van der Waals surface area (Å²) in [5, 5.41) is 5.28. The first-order chi connectivity index (χ1) is 5.08. The van der Waals surface area contributed by atoms with Crippen molar-refractivity contribution in [3.63, 3.8) is 0 Å². The van der Waals surface area contributed by atoms with Crippen LogP contribution in [0.3, 0.4) is 0 Å². The van der Waals surface area contributed by atoms with Gasteiger partial charge in [-0.3, -0.25) is 9.35 Å². The molecule has 60 valence electrons. The summed E-state index contributed by atoms with van der Waals surface area (Å²) in [6.45, 7) is 0. The highest BCUT2D eigenvalue weighted by molar-refractivity contribution is 7.97. The van der Waals surface area contributed by atoms with Gasteiger partial charge >= 0.3 is 0 Å². The minimum absolute atomic E-state index is 0.355. The Labute approximate surface area is 67.2 Å². The maximum absolute atomic E-state index is 11.0. The van der Waals surface area contributed by atoms with Gasteiger partial charge in [-0.05, 0) is 11.4 Å². The molecule has 1 atom stereocenters. The van der Waals surface area contributed by atoms with E-state index in [9.17, 15) is 4.21 Å². The van der Waals surface area contributed by atoms with Crippen molar-refractivity contribution in [2.75, 3.05) is 0 Å². The van der Waals surface area contributed by atoms with Gasteiger partial charge in [0, 0.05) is 9.71 Å². The minimum Gasteiger partial charge on any atom is -0.259 e. The van der Waals surface area contributed by atoms with E-state index in [-0.39, 0.29) is 0 Å². The van der Waals surface area contributed by atoms with Gasteiger partial charge in [-0.15, -0.1) is 0 Å². The average molecular weight is 169 g/mol. The maximum Gasteiger partial charge on any atom is 0.0537 e. The number of benzene rings is 1. The van der Waals surface area contributed by atoms with Crippen LogP contribution in [0.15, 0.2) is 30.3 Å². The van der Waals surface area contributed by atoms with Crippen molar-refractivity contribution in [2.24, 2.45) is 5.14 Å². The standard InChI is InChI=1S/C8H11NOS/c1-11(9,10)7-8-5-3-2-4-6-8/h2-6H,1,7H2,(H2,9,10). The van der Waals surface area contributed by atoms with E-state index in [2.05, 4.69) is 5.87 Å². The summed E-state index contributed by atoms with van der Waals surface area (Å²) in [6, 6.07) is 9.46. The van der Waals surface area contributed by atoms with Gasteiger partial charge in [0.05, 0.1) is 5.75 Å². The average Bonchev–Trinajstić information content (AvgIpc) is 1.85. The molecule has 0 aliphatic heterocycles. The number of rotatable bonds is 2. The Morgan fingerprint density at radius 3 is 2.36 bits per heavy atom. The second-order valence-electron chi connectivity index (χ2n) is 2.50. The molecule has 2 nitrogen and oxygen atoms in total. The highest BCUT2D eigenvalue weighted by atomic mass is 32.2. The first-order valence-corrected chi connectivity index (χ1v) is 5.20. The fourth-order valence-corrected chi connectivity index (χ4v) is 1.61. The van der Waals surface area contributed by atoms with Crippen molar-refractivity contribution < 1.29 is 4.21 Å². The molecular formula is C8H11NOS. The SMILES string of the molecule is C=S(N)(=O)Cc1ccccc1. The summed E-state index contributed by atoms with van der Waals surface area (Å²) < 4.78 is 11.0. The molecule has 1 rings (SSSR count). The molecule has 0 aliphatic rings. The second kappa shape index (κ2) is 3.07. The van der Waals surface area contributed by atoms with Crippen LogP contribution in [0.2, 0.25) is 0 Å². The van der Waals surface area contributed by atoms with Crippen LogP contribution in [-0.2, 0) is 15.5 Å². The van der Waals surface area contributed by atoms with Gasteiger partial charge < -0.3 is 0 Å². The molecule has 2 N–H and O–H groups in total. The predicted molar refractivity (Wildman–Crippen MR) is 49.6 cm³/mol. The highest BCUT2D eigenvalue weighted by Gasteiger charge is 1.96. The van der Waals surface area contributed by atoms with E-state index in [1.807, 2.05) is 30.3 Å². The van der Waals surface area contributed by atoms with Crippen molar-refractivity contribution in [3.8, 4) is 0 Å². The summed E-state index contributed by atoms with van der Waals surface area (Å²) in [7, 11) is -2.38. The number of hydrogen-bond donors (Lipinski definition) is 1. The molecule has 0 saturated heterocycles. The van der Waals surface area contributed by atoms with Crippen LogP contribution in [-0.4, -0.2) is 10.1 Å². The number of hydrogen-bond acceptors (Lipinski definition) is 1. The molecule has 1 unspecified atom stereocenters. The molecule has 0 bridgehead atoms. The van der Waals surface area contributed by atoms with Crippen LogP contribution < -0.4 is 5.14 Å². The summed E-state index contributed by atoms with van der Waals surface area (Å²) in [5.41, 5.74) is 0.968. The van der Waals surface area contributed by atoms with Crippen molar-refractivity contribution in [1.29, 1.82) is 0 Å².